The van der Waals surface area contributed by atoms with E-state index in [4.69, 9.17) is 5.73 Å². The van der Waals surface area contributed by atoms with Gasteiger partial charge in [0.1, 0.15) is 23.3 Å². The summed E-state index contributed by atoms with van der Waals surface area (Å²) < 4.78 is 1.96. The summed E-state index contributed by atoms with van der Waals surface area (Å²) >= 11 is 0. The first-order valence-corrected chi connectivity index (χ1v) is 7.57. The Labute approximate surface area is 134 Å². The van der Waals surface area contributed by atoms with Crippen LogP contribution in [0.15, 0.2) is 48.8 Å². The topological polar surface area (TPSA) is 80.5 Å². The summed E-state index contributed by atoms with van der Waals surface area (Å²) in [5.41, 5.74) is 9.15. The quantitative estimate of drug-likeness (QED) is 0.805. The van der Waals surface area contributed by atoms with Crippen LogP contribution >= 0.6 is 0 Å². The van der Waals surface area contributed by atoms with Gasteiger partial charge >= 0.3 is 0 Å². The molecule has 0 aliphatic heterocycles. The molecule has 2 N–H and O–H groups in total. The predicted octanol–water partition coefficient (Wildman–Crippen LogP) is 3.27. The molecule has 5 heteroatoms. The van der Waals surface area contributed by atoms with Crippen LogP contribution in [0.3, 0.4) is 0 Å². The Kier molecular flexibility index (Phi) is 3.09. The lowest BCUT2D eigenvalue weighted by Gasteiger charge is -2.12. The highest BCUT2D eigenvalue weighted by Crippen LogP contribution is 2.41. The van der Waals surface area contributed by atoms with Crippen LogP contribution in [-0.4, -0.2) is 14.5 Å². The Morgan fingerprint density at radius 3 is 2.78 bits per heavy atom. The van der Waals surface area contributed by atoms with E-state index in [1.807, 2.05) is 47.2 Å². The zero-order valence-corrected chi connectivity index (χ0v) is 12.5. The van der Waals surface area contributed by atoms with E-state index in [-0.39, 0.29) is 0 Å². The molecule has 3 aromatic heterocycles. The third-order valence-electron chi connectivity index (χ3n) is 4.10. The van der Waals surface area contributed by atoms with E-state index in [0.29, 0.717) is 17.3 Å². The van der Waals surface area contributed by atoms with E-state index in [1.165, 1.54) is 0 Å². The van der Waals surface area contributed by atoms with E-state index in [2.05, 4.69) is 16.0 Å². The molecule has 0 saturated heterocycles. The van der Waals surface area contributed by atoms with E-state index in [1.54, 1.807) is 6.20 Å². The van der Waals surface area contributed by atoms with Crippen molar-refractivity contribution in [1.29, 1.82) is 5.26 Å². The third kappa shape index (κ3) is 2.34. The minimum atomic E-state index is 0.306. The van der Waals surface area contributed by atoms with Crippen molar-refractivity contribution >= 4 is 5.82 Å². The molecule has 0 atom stereocenters. The summed E-state index contributed by atoms with van der Waals surface area (Å²) in [7, 11) is 0. The smallest absolute Gasteiger partial charge is 0.142 e. The van der Waals surface area contributed by atoms with Gasteiger partial charge in [0, 0.05) is 29.6 Å². The van der Waals surface area contributed by atoms with Crippen molar-refractivity contribution in [3.8, 4) is 23.1 Å². The number of pyridine rings is 2. The van der Waals surface area contributed by atoms with Crippen LogP contribution in [0.4, 0.5) is 5.82 Å². The number of nitrogens with zero attached hydrogens (tertiary/aromatic N) is 4. The van der Waals surface area contributed by atoms with Gasteiger partial charge in [-0.3, -0.25) is 0 Å². The molecule has 1 aliphatic rings. The Morgan fingerprint density at radius 1 is 1.22 bits per heavy atom. The van der Waals surface area contributed by atoms with Crippen molar-refractivity contribution in [2.45, 2.75) is 18.8 Å². The number of nitriles is 1. The normalized spacial score (nSPS) is 13.7. The molecule has 1 saturated carbocycles. The highest BCUT2D eigenvalue weighted by atomic mass is 15.1. The molecule has 4 rings (SSSR count). The molecule has 0 spiro atoms. The van der Waals surface area contributed by atoms with E-state index in [0.717, 1.165) is 35.6 Å². The Balaban J connectivity index is 1.92. The molecule has 1 fully saturated rings. The van der Waals surface area contributed by atoms with Crippen LogP contribution < -0.4 is 5.73 Å². The second-order valence-electron chi connectivity index (χ2n) is 5.69. The minimum Gasteiger partial charge on any atom is -0.383 e. The molecule has 0 bridgehead atoms. The molecule has 1 aliphatic carbocycles. The average molecular weight is 301 g/mol. The molecule has 23 heavy (non-hydrogen) atoms. The van der Waals surface area contributed by atoms with Crippen molar-refractivity contribution in [2.24, 2.45) is 0 Å². The molecule has 0 unspecified atom stereocenters. The highest BCUT2D eigenvalue weighted by molar-refractivity contribution is 5.75. The summed E-state index contributed by atoms with van der Waals surface area (Å²) in [6, 6.07) is 13.9. The lowest BCUT2D eigenvalue weighted by atomic mass is 10.0. The second kappa shape index (κ2) is 5.25. The summed E-state index contributed by atoms with van der Waals surface area (Å²) in [6.07, 6.45) is 5.96. The van der Waals surface area contributed by atoms with E-state index >= 15 is 0 Å². The first-order valence-electron chi connectivity index (χ1n) is 7.57. The van der Waals surface area contributed by atoms with Gasteiger partial charge in [-0.05, 0) is 43.2 Å². The monoisotopic (exact) mass is 301 g/mol. The molecule has 3 aromatic rings. The lowest BCUT2D eigenvalue weighted by molar-refractivity contribution is 1.00. The van der Waals surface area contributed by atoms with Crippen molar-refractivity contribution in [1.82, 2.24) is 14.5 Å². The summed E-state index contributed by atoms with van der Waals surface area (Å²) in [6.45, 7) is 0. The minimum absolute atomic E-state index is 0.306. The molecule has 112 valence electrons. The zero-order chi connectivity index (χ0) is 15.8. The Morgan fingerprint density at radius 2 is 2.09 bits per heavy atom. The van der Waals surface area contributed by atoms with Crippen LogP contribution in [0.2, 0.25) is 0 Å². The standard InChI is InChI=1S/C18H15N5/c19-11-14-13(10-15(12-6-7-12)22-18(14)20)16-4-3-9-23(16)17-5-1-2-8-21-17/h1-5,8-10,12H,6-7H2,(H2,20,22). The summed E-state index contributed by atoms with van der Waals surface area (Å²) in [5, 5.41) is 9.51. The molecule has 0 aromatic carbocycles. The van der Waals surface area contributed by atoms with Crippen LogP contribution in [0.5, 0.6) is 0 Å². The summed E-state index contributed by atoms with van der Waals surface area (Å²) in [5.74, 6) is 1.59. The van der Waals surface area contributed by atoms with Gasteiger partial charge in [0.05, 0.1) is 5.69 Å². The number of rotatable bonds is 3. The first-order chi connectivity index (χ1) is 11.3. The maximum Gasteiger partial charge on any atom is 0.142 e. The molecular weight excluding hydrogens is 286 g/mol. The van der Waals surface area contributed by atoms with Crippen LogP contribution in [0, 0.1) is 11.3 Å². The van der Waals surface area contributed by atoms with Gasteiger partial charge in [-0.15, -0.1) is 0 Å². The van der Waals surface area contributed by atoms with Gasteiger partial charge in [-0.1, -0.05) is 6.07 Å². The molecule has 3 heterocycles. The molecule has 5 nitrogen and oxygen atoms in total. The number of hydrogen-bond acceptors (Lipinski definition) is 4. The number of nitrogens with two attached hydrogens (primary N) is 1. The SMILES string of the molecule is N#Cc1c(-c2cccn2-c2ccccn2)cc(C2CC2)nc1N. The number of aromatic nitrogens is 3. The van der Waals surface area contributed by atoms with Crippen molar-refractivity contribution in [2.75, 3.05) is 5.73 Å². The number of nitrogen functional groups attached to an aromatic ring is 1. The van der Waals surface area contributed by atoms with E-state index in [9.17, 15) is 5.26 Å². The second-order valence-corrected chi connectivity index (χ2v) is 5.69. The van der Waals surface area contributed by atoms with E-state index < -0.39 is 0 Å². The average Bonchev–Trinajstić information content (AvgIpc) is 3.32. The molecule has 0 radical (unpaired) electrons. The number of hydrogen-bond donors (Lipinski definition) is 1. The fourth-order valence-electron chi connectivity index (χ4n) is 2.79. The third-order valence-corrected chi connectivity index (χ3v) is 4.10. The van der Waals surface area contributed by atoms with Gasteiger partial charge in [0.25, 0.3) is 0 Å². The predicted molar refractivity (Wildman–Crippen MR) is 87.9 cm³/mol. The van der Waals surface area contributed by atoms with Gasteiger partial charge in [0.2, 0.25) is 0 Å². The fraction of sp³-hybridized carbons (Fsp3) is 0.167. The van der Waals surface area contributed by atoms with Gasteiger partial charge in [-0.25, -0.2) is 9.97 Å². The Bertz CT molecular complexity index is 901. The maximum absolute atomic E-state index is 9.51. The van der Waals surface area contributed by atoms with Crippen LogP contribution in [-0.2, 0) is 0 Å². The van der Waals surface area contributed by atoms with Gasteiger partial charge in [-0.2, -0.15) is 5.26 Å². The lowest BCUT2D eigenvalue weighted by Crippen LogP contribution is -2.04. The van der Waals surface area contributed by atoms with Crippen molar-refractivity contribution in [3.63, 3.8) is 0 Å². The zero-order valence-electron chi connectivity index (χ0n) is 12.5. The fourth-order valence-corrected chi connectivity index (χ4v) is 2.79. The van der Waals surface area contributed by atoms with Crippen molar-refractivity contribution in [3.05, 3.63) is 60.0 Å². The first kappa shape index (κ1) is 13.5. The summed E-state index contributed by atoms with van der Waals surface area (Å²) in [4.78, 5) is 8.80. The van der Waals surface area contributed by atoms with Gasteiger partial charge in [0.15, 0.2) is 0 Å². The number of anilines is 1. The highest BCUT2D eigenvalue weighted by Gasteiger charge is 2.27. The van der Waals surface area contributed by atoms with Gasteiger partial charge < -0.3 is 10.3 Å². The van der Waals surface area contributed by atoms with Crippen molar-refractivity contribution < 1.29 is 0 Å². The molecule has 0 amide bonds. The Hall–Kier alpha value is -3.13. The van der Waals surface area contributed by atoms with Crippen LogP contribution in [0.1, 0.15) is 30.0 Å². The maximum atomic E-state index is 9.51. The van der Waals surface area contributed by atoms with Crippen LogP contribution in [0.25, 0.3) is 17.1 Å². The largest absolute Gasteiger partial charge is 0.383 e. The molecular formula is C18H15N5.